The Morgan fingerprint density at radius 2 is 1.07 bits per heavy atom. The smallest absolute Gasteiger partial charge is 0.0640 e. The number of hydrogen-bond acceptors (Lipinski definition) is 1. The van der Waals surface area contributed by atoms with E-state index in [4.69, 9.17) is 11.6 Å². The van der Waals surface area contributed by atoms with Crippen molar-refractivity contribution in [1.82, 2.24) is 4.98 Å². The van der Waals surface area contributed by atoms with Gasteiger partial charge in [0.2, 0.25) is 0 Å². The van der Waals surface area contributed by atoms with E-state index in [0.29, 0.717) is 0 Å². The van der Waals surface area contributed by atoms with Gasteiger partial charge in [0, 0.05) is 38.3 Å². The fourth-order valence-corrected chi connectivity index (χ4v) is 7.73. The first-order valence-electron chi connectivity index (χ1n) is 15.6. The van der Waals surface area contributed by atoms with Crippen LogP contribution in [0.4, 0.5) is 11.4 Å². The number of aromatic nitrogens is 1. The van der Waals surface area contributed by atoms with E-state index in [1.54, 1.807) is 0 Å². The number of rotatable bonds is 2. The van der Waals surface area contributed by atoms with Crippen molar-refractivity contribution in [3.05, 3.63) is 155 Å². The van der Waals surface area contributed by atoms with Gasteiger partial charge in [0.1, 0.15) is 0 Å². The fourth-order valence-electron chi connectivity index (χ4n) is 7.55. The van der Waals surface area contributed by atoms with Gasteiger partial charge in [-0.15, -0.1) is 0 Å². The summed E-state index contributed by atoms with van der Waals surface area (Å²) < 4.78 is 0. The fraction of sp³-hybridized carbons (Fsp3) is 0.143. The highest BCUT2D eigenvalue weighted by atomic mass is 35.5. The molecule has 6 aromatic carbocycles. The predicted molar refractivity (Wildman–Crippen MR) is 192 cm³/mol. The number of halogens is 1. The van der Waals surface area contributed by atoms with Crippen LogP contribution in [0.15, 0.2) is 127 Å². The number of H-pyrrole nitrogens is 1. The summed E-state index contributed by atoms with van der Waals surface area (Å²) in [5, 5.41) is 6.80. The van der Waals surface area contributed by atoms with Crippen LogP contribution in [0.25, 0.3) is 44.1 Å². The van der Waals surface area contributed by atoms with E-state index in [1.807, 2.05) is 24.3 Å². The number of anilines is 2. The number of benzene rings is 6. The highest BCUT2D eigenvalue weighted by molar-refractivity contribution is 6.33. The molecule has 1 heterocycles. The van der Waals surface area contributed by atoms with E-state index in [-0.39, 0.29) is 10.8 Å². The summed E-state index contributed by atoms with van der Waals surface area (Å²) in [6.45, 7) is 9.23. The molecule has 0 spiro atoms. The van der Waals surface area contributed by atoms with Gasteiger partial charge in [0.25, 0.3) is 0 Å². The van der Waals surface area contributed by atoms with Crippen molar-refractivity contribution < 1.29 is 0 Å². The zero-order valence-electron chi connectivity index (χ0n) is 26.0. The monoisotopic (exact) mass is 602 g/mol. The van der Waals surface area contributed by atoms with Gasteiger partial charge in [-0.1, -0.05) is 124 Å². The lowest BCUT2D eigenvalue weighted by Crippen LogP contribution is -2.15. The van der Waals surface area contributed by atoms with Crippen molar-refractivity contribution in [1.29, 1.82) is 0 Å². The molecule has 2 N–H and O–H groups in total. The van der Waals surface area contributed by atoms with Gasteiger partial charge in [-0.25, -0.2) is 0 Å². The van der Waals surface area contributed by atoms with Crippen LogP contribution in [0, 0.1) is 0 Å². The second kappa shape index (κ2) is 10.1. The van der Waals surface area contributed by atoms with Crippen LogP contribution in [-0.2, 0) is 10.8 Å². The molecular formula is C42H35ClN2. The Kier molecular flexibility index (Phi) is 6.24. The molecule has 0 saturated heterocycles. The molecule has 7 aromatic rings. The van der Waals surface area contributed by atoms with Crippen molar-refractivity contribution >= 4 is 44.8 Å². The third-order valence-electron chi connectivity index (χ3n) is 9.94. The van der Waals surface area contributed by atoms with Crippen LogP contribution < -0.4 is 5.32 Å². The van der Waals surface area contributed by atoms with E-state index in [2.05, 4.69) is 141 Å². The van der Waals surface area contributed by atoms with Crippen molar-refractivity contribution in [2.24, 2.45) is 0 Å². The van der Waals surface area contributed by atoms with Gasteiger partial charge in [0.15, 0.2) is 0 Å². The molecular weight excluding hydrogens is 568 g/mol. The van der Waals surface area contributed by atoms with Gasteiger partial charge < -0.3 is 10.3 Å². The zero-order chi connectivity index (χ0) is 30.9. The second-order valence-corrected chi connectivity index (χ2v) is 13.7. The van der Waals surface area contributed by atoms with Gasteiger partial charge >= 0.3 is 0 Å². The van der Waals surface area contributed by atoms with Gasteiger partial charge in [-0.05, 0) is 87.0 Å². The van der Waals surface area contributed by atoms with Crippen molar-refractivity contribution in [2.45, 2.75) is 38.5 Å². The minimum atomic E-state index is 0.0180. The molecule has 0 fully saturated rings. The molecule has 0 unspecified atom stereocenters. The largest absolute Gasteiger partial charge is 0.355 e. The lowest BCUT2D eigenvalue weighted by molar-refractivity contribution is 0.660. The van der Waals surface area contributed by atoms with E-state index < -0.39 is 0 Å². The number of para-hydroxylation sites is 2. The summed E-state index contributed by atoms with van der Waals surface area (Å²) in [6.07, 6.45) is 0. The maximum atomic E-state index is 6.26. The summed E-state index contributed by atoms with van der Waals surface area (Å²) in [4.78, 5) is 3.57. The summed E-state index contributed by atoms with van der Waals surface area (Å²) in [7, 11) is 0. The summed E-state index contributed by atoms with van der Waals surface area (Å²) in [6, 6.07) is 45.2. The maximum absolute atomic E-state index is 6.26. The van der Waals surface area contributed by atoms with Crippen LogP contribution in [-0.4, -0.2) is 4.98 Å². The van der Waals surface area contributed by atoms with Crippen LogP contribution in [0.5, 0.6) is 0 Å². The molecule has 2 aliphatic carbocycles. The molecule has 0 bridgehead atoms. The average Bonchev–Trinajstić information content (AvgIpc) is 3.61. The first-order chi connectivity index (χ1) is 21.7. The number of hydrogen-bond donors (Lipinski definition) is 2. The van der Waals surface area contributed by atoms with Crippen LogP contribution >= 0.6 is 11.6 Å². The quantitative estimate of drug-likeness (QED) is 0.202. The van der Waals surface area contributed by atoms with E-state index in [1.165, 1.54) is 66.3 Å². The van der Waals surface area contributed by atoms with Crippen LogP contribution in [0.1, 0.15) is 49.9 Å². The number of aromatic amines is 1. The van der Waals surface area contributed by atoms with Gasteiger partial charge in [-0.2, -0.15) is 0 Å². The number of fused-ring (bicyclic) bond motifs is 9. The van der Waals surface area contributed by atoms with Gasteiger partial charge in [-0.3, -0.25) is 0 Å². The minimum Gasteiger partial charge on any atom is -0.355 e. The highest BCUT2D eigenvalue weighted by Crippen LogP contribution is 2.51. The maximum Gasteiger partial charge on any atom is 0.0640 e. The summed E-state index contributed by atoms with van der Waals surface area (Å²) in [5.74, 6) is 0. The molecule has 9 rings (SSSR count). The molecule has 0 saturated carbocycles. The van der Waals surface area contributed by atoms with E-state index in [9.17, 15) is 0 Å². The van der Waals surface area contributed by atoms with E-state index in [0.717, 1.165) is 16.4 Å². The normalized spacial score (nSPS) is 14.7. The molecule has 0 amide bonds. The van der Waals surface area contributed by atoms with Crippen molar-refractivity contribution in [2.75, 3.05) is 5.32 Å². The Hall–Kier alpha value is -4.79. The minimum absolute atomic E-state index is 0.0180. The molecule has 1 aromatic heterocycles. The van der Waals surface area contributed by atoms with Crippen LogP contribution in [0.3, 0.4) is 0 Å². The molecule has 220 valence electrons. The Labute approximate surface area is 269 Å². The molecule has 3 heteroatoms. The van der Waals surface area contributed by atoms with E-state index >= 15 is 0 Å². The second-order valence-electron chi connectivity index (χ2n) is 13.3. The average molecular weight is 603 g/mol. The van der Waals surface area contributed by atoms with Crippen LogP contribution in [0.2, 0.25) is 5.02 Å². The summed E-state index contributed by atoms with van der Waals surface area (Å²) in [5.41, 5.74) is 15.6. The zero-order valence-corrected chi connectivity index (χ0v) is 26.8. The molecule has 0 aliphatic heterocycles. The third-order valence-corrected chi connectivity index (χ3v) is 10.3. The predicted octanol–water partition coefficient (Wildman–Crippen LogP) is 12.0. The van der Waals surface area contributed by atoms with Crippen molar-refractivity contribution in [3.8, 4) is 22.3 Å². The first-order valence-corrected chi connectivity index (χ1v) is 16.0. The topological polar surface area (TPSA) is 27.8 Å². The first kappa shape index (κ1) is 27.7. The number of nitrogens with one attached hydrogen (secondary N) is 2. The standard InChI is InChI=1S/C21H18ClN.C21H17N/c1-21(2)17-8-4-3-7-15(17)16-12-11-14(13-18(16)21)23-20-10-6-5-9-19(20)22;1-21(2)17-9-5-3-7-13(17)15-11-16-14-8-4-6-10-19(14)22-20(16)12-18(15)21/h3-13,23H,1-2H3;3-12,22H,1-2H3. The Bertz CT molecular complexity index is 2270. The molecule has 0 atom stereocenters. The lowest BCUT2D eigenvalue weighted by atomic mass is 9.82. The van der Waals surface area contributed by atoms with Crippen molar-refractivity contribution in [3.63, 3.8) is 0 Å². The Morgan fingerprint density at radius 3 is 1.80 bits per heavy atom. The van der Waals surface area contributed by atoms with Gasteiger partial charge in [0.05, 0.1) is 10.7 Å². The third kappa shape index (κ3) is 4.31. The Balaban J connectivity index is 0.000000134. The highest BCUT2D eigenvalue weighted by Gasteiger charge is 2.36. The Morgan fingerprint density at radius 1 is 0.489 bits per heavy atom. The summed E-state index contributed by atoms with van der Waals surface area (Å²) >= 11 is 6.26. The molecule has 2 aliphatic rings. The molecule has 0 radical (unpaired) electrons. The molecule has 2 nitrogen and oxygen atoms in total. The SMILES string of the molecule is CC1(C)c2ccccc2-c2cc3c(cc21)[nH]c1ccccc13.CC1(C)c2ccccc2-c2ccc(Nc3ccccc3Cl)cc21. The molecule has 45 heavy (non-hydrogen) atoms. The lowest BCUT2D eigenvalue weighted by Gasteiger charge is -2.22.